The number of urea groups is 1. The van der Waals surface area contributed by atoms with Crippen LogP contribution in [0.5, 0.6) is 11.5 Å². The van der Waals surface area contributed by atoms with Crippen molar-refractivity contribution < 1.29 is 24.9 Å². The molecule has 2 saturated heterocycles. The molecule has 2 bridgehead atoms. The summed E-state index contributed by atoms with van der Waals surface area (Å²) in [4.78, 5) is 30.9. The van der Waals surface area contributed by atoms with Crippen molar-refractivity contribution in [2.75, 3.05) is 13.1 Å². The van der Waals surface area contributed by atoms with E-state index >= 15 is 0 Å². The molecule has 2 heterocycles. The van der Waals surface area contributed by atoms with Crippen molar-refractivity contribution in [2.45, 2.75) is 73.1 Å². The fourth-order valence-corrected chi connectivity index (χ4v) is 9.05. The molecule has 5 atom stereocenters. The molecule has 0 radical (unpaired) electrons. The van der Waals surface area contributed by atoms with Crippen LogP contribution in [0.1, 0.15) is 55.2 Å². The second-order valence-electron chi connectivity index (χ2n) is 12.6. The topological polar surface area (TPSA) is 113 Å². The van der Waals surface area contributed by atoms with Crippen LogP contribution in [0.2, 0.25) is 0 Å². The molecule has 8 rings (SSSR count). The molecule has 2 aromatic carbocycles. The Morgan fingerprint density at radius 2 is 1.70 bits per heavy atom. The van der Waals surface area contributed by atoms with Crippen LogP contribution >= 0.6 is 0 Å². The molecule has 8 nitrogen and oxygen atoms in total. The lowest BCUT2D eigenvalue weighted by atomic mass is 9.52. The number of carbonyl (C=O) groups excluding carboxylic acids is 2. The molecule has 3 saturated carbocycles. The number of nitrogens with zero attached hydrogens (tertiary/aromatic N) is 2. The second-order valence-corrected chi connectivity index (χ2v) is 12.6. The highest BCUT2D eigenvalue weighted by atomic mass is 16.3. The number of aliphatic hydroxyl groups is 1. The zero-order valence-electron chi connectivity index (χ0n) is 20.6. The normalized spacial score (nSPS) is 39.4. The molecule has 1 unspecified atom stereocenters. The maximum atomic E-state index is 14.0. The van der Waals surface area contributed by atoms with E-state index in [4.69, 9.17) is 0 Å². The molecule has 3 amide bonds. The zero-order chi connectivity index (χ0) is 25.4. The standard InChI is InChI=1S/C29H31N3O5/c33-19-5-3-18(4-6-19)13-32-24(35)28(30-25(32)36)9-10-29(37)23-26(16-31(23)12-17-1-2-17)14-27(29,15-28)22-11-20(34)7-8-21(22)26/h3-8,11,17,23,33-34,37H,1-2,9-10,12-16H2,(H,30,36)/t23-,26?,27-,28+,29-/m1/s1. The van der Waals surface area contributed by atoms with Gasteiger partial charge in [0.1, 0.15) is 17.0 Å². The highest BCUT2D eigenvalue weighted by molar-refractivity contribution is 6.07. The predicted octanol–water partition coefficient (Wildman–Crippen LogP) is 2.49. The van der Waals surface area contributed by atoms with Crippen LogP contribution in [0, 0.1) is 5.92 Å². The first-order valence-electron chi connectivity index (χ1n) is 13.4. The maximum Gasteiger partial charge on any atom is 0.325 e. The van der Waals surface area contributed by atoms with Crippen molar-refractivity contribution >= 4 is 11.9 Å². The Balaban J connectivity index is 1.18. The average Bonchev–Trinajstić information content (AvgIpc) is 3.55. The number of hydrogen-bond acceptors (Lipinski definition) is 6. The van der Waals surface area contributed by atoms with Gasteiger partial charge in [-0.15, -0.1) is 0 Å². The summed E-state index contributed by atoms with van der Waals surface area (Å²) in [5.74, 6) is 0.764. The Kier molecular flexibility index (Phi) is 3.95. The lowest BCUT2D eigenvalue weighted by molar-refractivity contribution is -0.162. The highest BCUT2D eigenvalue weighted by Crippen LogP contribution is 2.75. The minimum absolute atomic E-state index is 0.00954. The van der Waals surface area contributed by atoms with Gasteiger partial charge >= 0.3 is 6.03 Å². The molecule has 4 aliphatic carbocycles. The van der Waals surface area contributed by atoms with E-state index in [9.17, 15) is 24.9 Å². The van der Waals surface area contributed by atoms with E-state index in [1.165, 1.54) is 23.3 Å². The molecule has 2 aromatic rings. The molecule has 37 heavy (non-hydrogen) atoms. The van der Waals surface area contributed by atoms with Crippen LogP contribution in [0.3, 0.4) is 0 Å². The van der Waals surface area contributed by atoms with Gasteiger partial charge in [-0.2, -0.15) is 0 Å². The fraction of sp³-hybridized carbons (Fsp3) is 0.517. The lowest BCUT2D eigenvalue weighted by Gasteiger charge is -2.63. The number of phenols is 2. The number of imide groups is 1. The van der Waals surface area contributed by atoms with E-state index in [0.29, 0.717) is 19.3 Å². The number of amides is 3. The van der Waals surface area contributed by atoms with Gasteiger partial charge in [0, 0.05) is 23.9 Å². The third kappa shape index (κ3) is 2.55. The molecule has 5 fully saturated rings. The van der Waals surface area contributed by atoms with E-state index in [0.717, 1.165) is 36.6 Å². The van der Waals surface area contributed by atoms with E-state index < -0.39 is 22.6 Å². The number of fused-ring (bicyclic) bond motifs is 2. The van der Waals surface area contributed by atoms with Crippen molar-refractivity contribution in [1.82, 2.24) is 15.1 Å². The third-order valence-electron chi connectivity index (χ3n) is 10.6. The number of likely N-dealkylation sites (tertiary alicyclic amines) is 1. The largest absolute Gasteiger partial charge is 0.508 e. The van der Waals surface area contributed by atoms with Crippen LogP contribution in [0.15, 0.2) is 42.5 Å². The molecular weight excluding hydrogens is 470 g/mol. The Bertz CT molecular complexity index is 1370. The molecule has 0 aromatic heterocycles. The number of phenolic OH excluding ortho intramolecular Hbond substituents is 2. The van der Waals surface area contributed by atoms with Gasteiger partial charge in [-0.1, -0.05) is 18.2 Å². The Labute approximate surface area is 214 Å². The Hall–Kier alpha value is -3.10. The van der Waals surface area contributed by atoms with Crippen molar-refractivity contribution in [3.8, 4) is 11.5 Å². The van der Waals surface area contributed by atoms with Crippen molar-refractivity contribution in [3.63, 3.8) is 0 Å². The number of benzene rings is 2. The fourth-order valence-electron chi connectivity index (χ4n) is 9.05. The molecule has 3 spiro atoms. The Morgan fingerprint density at radius 1 is 0.946 bits per heavy atom. The summed E-state index contributed by atoms with van der Waals surface area (Å²) in [5.41, 5.74) is -0.0675. The minimum atomic E-state index is -1.08. The highest BCUT2D eigenvalue weighted by Gasteiger charge is 2.83. The maximum absolute atomic E-state index is 14.0. The summed E-state index contributed by atoms with van der Waals surface area (Å²) in [7, 11) is 0. The summed E-state index contributed by atoms with van der Waals surface area (Å²) >= 11 is 0. The van der Waals surface area contributed by atoms with E-state index in [-0.39, 0.29) is 35.4 Å². The summed E-state index contributed by atoms with van der Waals surface area (Å²) in [6, 6.07) is 11.7. The molecule has 6 aliphatic rings. The van der Waals surface area contributed by atoms with Crippen LogP contribution in [-0.4, -0.2) is 67.3 Å². The van der Waals surface area contributed by atoms with Gasteiger partial charge in [0.25, 0.3) is 5.91 Å². The van der Waals surface area contributed by atoms with Crippen molar-refractivity contribution in [2.24, 2.45) is 5.92 Å². The zero-order valence-corrected chi connectivity index (χ0v) is 20.6. The minimum Gasteiger partial charge on any atom is -0.508 e. The number of aromatic hydroxyl groups is 2. The number of hydrogen-bond donors (Lipinski definition) is 4. The average molecular weight is 502 g/mol. The molecule has 4 N–H and O–H groups in total. The Morgan fingerprint density at radius 3 is 2.46 bits per heavy atom. The molecule has 2 aliphatic heterocycles. The van der Waals surface area contributed by atoms with Crippen molar-refractivity contribution in [3.05, 3.63) is 59.2 Å². The first-order chi connectivity index (χ1) is 17.7. The number of nitrogens with one attached hydrogen (secondary N) is 1. The molecule has 8 heteroatoms. The van der Waals surface area contributed by atoms with Crippen LogP contribution in [0.4, 0.5) is 4.79 Å². The predicted molar refractivity (Wildman–Crippen MR) is 133 cm³/mol. The van der Waals surface area contributed by atoms with Gasteiger partial charge in [-0.05, 0) is 85.4 Å². The van der Waals surface area contributed by atoms with E-state index in [1.807, 2.05) is 6.07 Å². The molecule has 192 valence electrons. The summed E-state index contributed by atoms with van der Waals surface area (Å²) in [6.07, 6.45) is 4.40. The smallest absolute Gasteiger partial charge is 0.325 e. The monoisotopic (exact) mass is 501 g/mol. The quantitative estimate of drug-likeness (QED) is 0.479. The number of carbonyl (C=O) groups is 2. The van der Waals surface area contributed by atoms with Gasteiger partial charge in [0.15, 0.2) is 0 Å². The lowest BCUT2D eigenvalue weighted by Crippen LogP contribution is -2.76. The third-order valence-corrected chi connectivity index (χ3v) is 10.6. The van der Waals surface area contributed by atoms with Crippen LogP contribution in [0.25, 0.3) is 0 Å². The molecular formula is C29H31N3O5. The SMILES string of the molecule is O=C1N[C@]2(CC[C@@]3(O)[C@@H]4N(CC5CC5)CC45C[C@@]3(C2)c2cc(O)ccc25)C(=O)N1Cc1ccc(O)cc1. The van der Waals surface area contributed by atoms with E-state index in [1.54, 1.807) is 36.4 Å². The first-order valence-corrected chi connectivity index (χ1v) is 13.4. The van der Waals surface area contributed by atoms with Gasteiger partial charge in [0.2, 0.25) is 0 Å². The van der Waals surface area contributed by atoms with E-state index in [2.05, 4.69) is 10.2 Å². The summed E-state index contributed by atoms with van der Waals surface area (Å²) in [6.45, 7) is 2.04. The van der Waals surface area contributed by atoms with Gasteiger partial charge in [0.05, 0.1) is 18.2 Å². The van der Waals surface area contributed by atoms with Crippen LogP contribution < -0.4 is 5.32 Å². The second kappa shape index (κ2) is 6.66. The summed E-state index contributed by atoms with van der Waals surface area (Å²) in [5, 5.41) is 35.7. The van der Waals surface area contributed by atoms with Gasteiger partial charge < -0.3 is 20.6 Å². The van der Waals surface area contributed by atoms with Gasteiger partial charge in [-0.3, -0.25) is 14.6 Å². The number of rotatable bonds is 4. The van der Waals surface area contributed by atoms with Crippen molar-refractivity contribution in [1.29, 1.82) is 0 Å². The first kappa shape index (κ1) is 21.9. The van der Waals surface area contributed by atoms with Crippen LogP contribution in [-0.2, 0) is 22.2 Å². The van der Waals surface area contributed by atoms with Gasteiger partial charge in [-0.25, -0.2) is 4.79 Å². The summed E-state index contributed by atoms with van der Waals surface area (Å²) < 4.78 is 0.